The molecule has 2 heterocycles. The summed E-state index contributed by atoms with van der Waals surface area (Å²) in [5, 5.41) is 3.18. The molecular formula is C14H29N3O3S. The fourth-order valence-corrected chi connectivity index (χ4v) is 5.00. The first-order valence-corrected chi connectivity index (χ1v) is 9.49. The average Bonchev–Trinajstić information content (AvgIpc) is 2.49. The van der Waals surface area contributed by atoms with Crippen LogP contribution in [0.1, 0.15) is 32.6 Å². The minimum atomic E-state index is -3.31. The van der Waals surface area contributed by atoms with Gasteiger partial charge in [-0.2, -0.15) is 17.0 Å². The Morgan fingerprint density at radius 3 is 2.48 bits per heavy atom. The third-order valence-electron chi connectivity index (χ3n) is 4.46. The van der Waals surface area contributed by atoms with Crippen LogP contribution in [0.25, 0.3) is 0 Å². The van der Waals surface area contributed by atoms with Gasteiger partial charge < -0.3 is 10.1 Å². The quantitative estimate of drug-likeness (QED) is 0.781. The number of piperidine rings is 2. The molecule has 2 fully saturated rings. The Kier molecular flexibility index (Phi) is 6.43. The standard InChI is InChI=1S/C14H29N3O3S/c1-3-20-14-5-4-8-17(12-14)21(18,19)16-9-6-13(7-10-16)11-15-2/h13-15H,3-12H2,1-2H3. The highest BCUT2D eigenvalue weighted by molar-refractivity contribution is 7.86. The minimum absolute atomic E-state index is 0.0559. The summed E-state index contributed by atoms with van der Waals surface area (Å²) in [6.45, 7) is 6.00. The van der Waals surface area contributed by atoms with Crippen molar-refractivity contribution >= 4 is 10.2 Å². The Morgan fingerprint density at radius 1 is 1.14 bits per heavy atom. The van der Waals surface area contributed by atoms with Gasteiger partial charge in [-0.25, -0.2) is 0 Å². The molecule has 0 aromatic carbocycles. The van der Waals surface area contributed by atoms with Crippen molar-refractivity contribution in [1.29, 1.82) is 0 Å². The second-order valence-electron chi connectivity index (χ2n) is 5.99. The van der Waals surface area contributed by atoms with E-state index in [1.54, 1.807) is 8.61 Å². The summed E-state index contributed by atoms with van der Waals surface area (Å²) in [6, 6.07) is 0. The molecule has 2 aliphatic rings. The molecule has 0 radical (unpaired) electrons. The van der Waals surface area contributed by atoms with Crippen molar-refractivity contribution in [3.8, 4) is 0 Å². The van der Waals surface area contributed by atoms with Crippen molar-refractivity contribution < 1.29 is 13.2 Å². The summed E-state index contributed by atoms with van der Waals surface area (Å²) in [4.78, 5) is 0. The van der Waals surface area contributed by atoms with E-state index in [0.29, 0.717) is 38.7 Å². The number of rotatable bonds is 6. The second kappa shape index (κ2) is 7.87. The second-order valence-corrected chi connectivity index (χ2v) is 7.91. The molecule has 0 spiro atoms. The molecule has 21 heavy (non-hydrogen) atoms. The van der Waals surface area contributed by atoms with Gasteiger partial charge in [0.1, 0.15) is 0 Å². The molecule has 7 heteroatoms. The van der Waals surface area contributed by atoms with Crippen LogP contribution in [0.4, 0.5) is 0 Å². The summed E-state index contributed by atoms with van der Waals surface area (Å²) < 4.78 is 34.4. The van der Waals surface area contributed by atoms with E-state index < -0.39 is 10.2 Å². The molecule has 1 N–H and O–H groups in total. The molecule has 0 aromatic rings. The van der Waals surface area contributed by atoms with E-state index >= 15 is 0 Å². The first kappa shape index (κ1) is 17.1. The first-order valence-electron chi connectivity index (χ1n) is 8.09. The van der Waals surface area contributed by atoms with Crippen LogP contribution in [0.15, 0.2) is 0 Å². The molecular weight excluding hydrogens is 290 g/mol. The van der Waals surface area contributed by atoms with E-state index in [4.69, 9.17) is 4.74 Å². The summed E-state index contributed by atoms with van der Waals surface area (Å²) in [6.07, 6.45) is 3.80. The lowest BCUT2D eigenvalue weighted by atomic mass is 9.98. The van der Waals surface area contributed by atoms with Gasteiger partial charge >= 0.3 is 0 Å². The van der Waals surface area contributed by atoms with Crippen molar-refractivity contribution in [1.82, 2.24) is 13.9 Å². The average molecular weight is 319 g/mol. The zero-order valence-electron chi connectivity index (χ0n) is 13.3. The van der Waals surface area contributed by atoms with E-state index in [2.05, 4.69) is 5.32 Å². The lowest BCUT2D eigenvalue weighted by Gasteiger charge is -2.38. The SMILES string of the molecule is CCOC1CCCN(S(=O)(=O)N2CCC(CNC)CC2)C1. The number of nitrogens with one attached hydrogen (secondary N) is 1. The van der Waals surface area contributed by atoms with Crippen LogP contribution in [0.5, 0.6) is 0 Å². The zero-order valence-corrected chi connectivity index (χ0v) is 14.1. The van der Waals surface area contributed by atoms with Crippen LogP contribution in [0, 0.1) is 5.92 Å². The molecule has 0 aliphatic carbocycles. The van der Waals surface area contributed by atoms with E-state index in [1.165, 1.54) is 0 Å². The van der Waals surface area contributed by atoms with Gasteiger partial charge in [0.15, 0.2) is 0 Å². The third kappa shape index (κ3) is 4.39. The largest absolute Gasteiger partial charge is 0.377 e. The van der Waals surface area contributed by atoms with E-state index in [9.17, 15) is 8.42 Å². The molecule has 2 saturated heterocycles. The van der Waals surface area contributed by atoms with Gasteiger partial charge in [-0.3, -0.25) is 0 Å². The highest BCUT2D eigenvalue weighted by Crippen LogP contribution is 2.24. The van der Waals surface area contributed by atoms with Gasteiger partial charge in [-0.05, 0) is 52.1 Å². The van der Waals surface area contributed by atoms with Crippen LogP contribution < -0.4 is 5.32 Å². The lowest BCUT2D eigenvalue weighted by Crippen LogP contribution is -2.52. The Hall–Kier alpha value is -0.210. The van der Waals surface area contributed by atoms with Crippen molar-refractivity contribution in [2.75, 3.05) is 46.4 Å². The van der Waals surface area contributed by atoms with Gasteiger partial charge in [0, 0.05) is 32.8 Å². The van der Waals surface area contributed by atoms with Crippen molar-refractivity contribution in [3.63, 3.8) is 0 Å². The Balaban J connectivity index is 1.92. The summed E-state index contributed by atoms with van der Waals surface area (Å²) in [7, 11) is -1.36. The fourth-order valence-electron chi connectivity index (χ4n) is 3.28. The molecule has 1 atom stereocenters. The predicted molar refractivity (Wildman–Crippen MR) is 83.4 cm³/mol. The fraction of sp³-hybridized carbons (Fsp3) is 1.00. The molecule has 124 valence electrons. The normalized spacial score (nSPS) is 27.0. The molecule has 0 saturated carbocycles. The predicted octanol–water partition coefficient (Wildman–Crippen LogP) is 0.664. The summed E-state index contributed by atoms with van der Waals surface area (Å²) >= 11 is 0. The molecule has 2 rings (SSSR count). The Morgan fingerprint density at radius 2 is 1.86 bits per heavy atom. The maximum Gasteiger partial charge on any atom is 0.282 e. The van der Waals surface area contributed by atoms with E-state index in [1.807, 2.05) is 14.0 Å². The molecule has 0 bridgehead atoms. The summed E-state index contributed by atoms with van der Waals surface area (Å²) in [5.41, 5.74) is 0. The highest BCUT2D eigenvalue weighted by Gasteiger charge is 2.35. The van der Waals surface area contributed by atoms with Crippen LogP contribution >= 0.6 is 0 Å². The van der Waals surface area contributed by atoms with Gasteiger partial charge in [-0.1, -0.05) is 0 Å². The molecule has 0 amide bonds. The number of nitrogens with zero attached hydrogens (tertiary/aromatic N) is 2. The maximum atomic E-state index is 12.7. The van der Waals surface area contributed by atoms with Gasteiger partial charge in [0.05, 0.1) is 6.10 Å². The van der Waals surface area contributed by atoms with E-state index in [-0.39, 0.29) is 6.10 Å². The van der Waals surface area contributed by atoms with Crippen LogP contribution in [-0.2, 0) is 14.9 Å². The Bertz CT molecular complexity index is 406. The topological polar surface area (TPSA) is 61.9 Å². The number of ether oxygens (including phenoxy) is 1. The van der Waals surface area contributed by atoms with Gasteiger partial charge in [0.25, 0.3) is 10.2 Å². The van der Waals surface area contributed by atoms with Crippen LogP contribution in [-0.4, -0.2) is 69.5 Å². The van der Waals surface area contributed by atoms with Crippen molar-refractivity contribution in [2.45, 2.75) is 38.7 Å². The van der Waals surface area contributed by atoms with Crippen molar-refractivity contribution in [2.24, 2.45) is 5.92 Å². The number of hydrogen-bond donors (Lipinski definition) is 1. The smallest absolute Gasteiger partial charge is 0.282 e. The Labute approximate surface area is 129 Å². The summed E-state index contributed by atoms with van der Waals surface area (Å²) in [5.74, 6) is 0.596. The minimum Gasteiger partial charge on any atom is -0.377 e. The van der Waals surface area contributed by atoms with E-state index in [0.717, 1.165) is 32.2 Å². The zero-order chi connectivity index (χ0) is 15.3. The monoisotopic (exact) mass is 319 g/mol. The van der Waals surface area contributed by atoms with Gasteiger partial charge in [-0.15, -0.1) is 0 Å². The maximum absolute atomic E-state index is 12.7. The van der Waals surface area contributed by atoms with Crippen LogP contribution in [0.2, 0.25) is 0 Å². The molecule has 0 aromatic heterocycles. The first-order chi connectivity index (χ1) is 10.1. The number of hydrogen-bond acceptors (Lipinski definition) is 4. The molecule has 2 aliphatic heterocycles. The lowest BCUT2D eigenvalue weighted by molar-refractivity contribution is 0.0248. The van der Waals surface area contributed by atoms with Crippen LogP contribution in [0.3, 0.4) is 0 Å². The highest BCUT2D eigenvalue weighted by atomic mass is 32.2. The molecule has 6 nitrogen and oxygen atoms in total. The van der Waals surface area contributed by atoms with Gasteiger partial charge in [0.2, 0.25) is 0 Å². The third-order valence-corrected chi connectivity index (χ3v) is 6.46. The van der Waals surface area contributed by atoms with Crippen molar-refractivity contribution in [3.05, 3.63) is 0 Å². The molecule has 1 unspecified atom stereocenters.